The van der Waals surface area contributed by atoms with Crippen molar-refractivity contribution in [1.29, 1.82) is 0 Å². The molecule has 0 aliphatic rings. The van der Waals surface area contributed by atoms with Gasteiger partial charge in [0.15, 0.2) is 11.5 Å². The van der Waals surface area contributed by atoms with Crippen LogP contribution in [0.4, 0.5) is 5.82 Å². The molecule has 1 aromatic carbocycles. The molecule has 0 spiro atoms. The second-order valence-electron chi connectivity index (χ2n) is 4.70. The molecule has 2 rings (SSSR count). The van der Waals surface area contributed by atoms with Gasteiger partial charge in [-0.2, -0.15) is 0 Å². The van der Waals surface area contributed by atoms with Gasteiger partial charge in [-0.25, -0.2) is 9.97 Å². The maximum absolute atomic E-state index is 5.36. The van der Waals surface area contributed by atoms with Crippen LogP contribution in [0.2, 0.25) is 0 Å². The molecular weight excluding hydrogens is 254 g/mol. The quantitative estimate of drug-likeness (QED) is 0.811. The third-order valence-electron chi connectivity index (χ3n) is 3.33. The highest BCUT2D eigenvalue weighted by molar-refractivity contribution is 5.91. The molecule has 0 aliphatic heterocycles. The van der Waals surface area contributed by atoms with Gasteiger partial charge in [0, 0.05) is 25.0 Å². The number of hydrogen-bond donors (Lipinski definition) is 0. The zero-order chi connectivity index (χ0) is 14.5. The summed E-state index contributed by atoms with van der Waals surface area (Å²) in [5.74, 6) is 2.30. The molecule has 0 unspecified atom stereocenters. The average Bonchev–Trinajstić information content (AvgIpc) is 2.50. The summed E-state index contributed by atoms with van der Waals surface area (Å²) in [7, 11) is 5.31. The molecular formula is C15H21N3O2. The second-order valence-corrected chi connectivity index (χ2v) is 4.70. The van der Waals surface area contributed by atoms with E-state index in [1.807, 2.05) is 19.2 Å². The lowest BCUT2D eigenvalue weighted by Crippen LogP contribution is -2.20. The summed E-state index contributed by atoms with van der Waals surface area (Å²) in [6.45, 7) is 3.15. The Kier molecular flexibility index (Phi) is 4.61. The van der Waals surface area contributed by atoms with Crippen LogP contribution in [-0.4, -0.2) is 37.8 Å². The lowest BCUT2D eigenvalue weighted by atomic mass is 10.2. The summed E-state index contributed by atoms with van der Waals surface area (Å²) in [4.78, 5) is 10.9. The van der Waals surface area contributed by atoms with Gasteiger partial charge in [-0.3, -0.25) is 0 Å². The van der Waals surface area contributed by atoms with E-state index in [0.717, 1.165) is 36.1 Å². The fourth-order valence-corrected chi connectivity index (χ4v) is 2.17. The highest BCUT2D eigenvalue weighted by Gasteiger charge is 2.13. The maximum Gasteiger partial charge on any atom is 0.162 e. The fraction of sp³-hybridized carbons (Fsp3) is 0.467. The minimum Gasteiger partial charge on any atom is -0.493 e. The molecule has 0 atom stereocenters. The number of unbranched alkanes of at least 4 members (excludes halogenated alkanes) is 1. The van der Waals surface area contributed by atoms with Gasteiger partial charge in [0.2, 0.25) is 0 Å². The van der Waals surface area contributed by atoms with E-state index in [-0.39, 0.29) is 0 Å². The first-order chi connectivity index (χ1) is 9.71. The SMILES string of the molecule is CCCCN(C)c1ncnc2cc(OC)c(OC)cc12. The third-order valence-corrected chi connectivity index (χ3v) is 3.33. The van der Waals surface area contributed by atoms with Crippen molar-refractivity contribution in [3.05, 3.63) is 18.5 Å². The summed E-state index contributed by atoms with van der Waals surface area (Å²) in [5, 5.41) is 0.976. The Hall–Kier alpha value is -2.04. The van der Waals surface area contributed by atoms with Crippen molar-refractivity contribution >= 4 is 16.7 Å². The van der Waals surface area contributed by atoms with Crippen LogP contribution in [0.1, 0.15) is 19.8 Å². The van der Waals surface area contributed by atoms with Gasteiger partial charge in [0.1, 0.15) is 12.1 Å². The number of benzene rings is 1. The zero-order valence-corrected chi connectivity index (χ0v) is 12.5. The number of ether oxygens (including phenoxy) is 2. The summed E-state index contributed by atoms with van der Waals surface area (Å²) < 4.78 is 10.7. The van der Waals surface area contributed by atoms with Gasteiger partial charge < -0.3 is 14.4 Å². The normalized spacial score (nSPS) is 10.6. The summed E-state index contributed by atoms with van der Waals surface area (Å²) in [6.07, 6.45) is 3.88. The summed E-state index contributed by atoms with van der Waals surface area (Å²) in [6, 6.07) is 3.82. The molecule has 0 N–H and O–H groups in total. The molecule has 0 aliphatic carbocycles. The molecule has 20 heavy (non-hydrogen) atoms. The first-order valence-electron chi connectivity index (χ1n) is 6.79. The number of rotatable bonds is 6. The smallest absolute Gasteiger partial charge is 0.162 e. The van der Waals surface area contributed by atoms with E-state index in [9.17, 15) is 0 Å². The largest absolute Gasteiger partial charge is 0.493 e. The van der Waals surface area contributed by atoms with E-state index in [1.54, 1.807) is 20.5 Å². The van der Waals surface area contributed by atoms with Crippen molar-refractivity contribution in [2.45, 2.75) is 19.8 Å². The van der Waals surface area contributed by atoms with Crippen molar-refractivity contribution in [3.8, 4) is 11.5 Å². The molecule has 1 aromatic heterocycles. The number of nitrogens with zero attached hydrogens (tertiary/aromatic N) is 3. The molecule has 0 amide bonds. The first-order valence-corrected chi connectivity index (χ1v) is 6.79. The van der Waals surface area contributed by atoms with Crippen LogP contribution >= 0.6 is 0 Å². The number of anilines is 1. The van der Waals surface area contributed by atoms with E-state index in [1.165, 1.54) is 0 Å². The Labute approximate surface area is 119 Å². The molecule has 5 nitrogen and oxygen atoms in total. The summed E-state index contributed by atoms with van der Waals surface area (Å²) in [5.41, 5.74) is 0.857. The number of methoxy groups -OCH3 is 2. The Bertz CT molecular complexity index is 587. The van der Waals surface area contributed by atoms with Crippen LogP contribution < -0.4 is 14.4 Å². The molecule has 108 valence electrons. The Morgan fingerprint density at radius 2 is 1.80 bits per heavy atom. The third kappa shape index (κ3) is 2.76. The van der Waals surface area contributed by atoms with Crippen molar-refractivity contribution in [2.24, 2.45) is 0 Å². The number of aromatic nitrogens is 2. The monoisotopic (exact) mass is 275 g/mol. The van der Waals surface area contributed by atoms with Gasteiger partial charge in [-0.15, -0.1) is 0 Å². The predicted molar refractivity (Wildman–Crippen MR) is 80.8 cm³/mol. The highest BCUT2D eigenvalue weighted by Crippen LogP contribution is 2.34. The van der Waals surface area contributed by atoms with Gasteiger partial charge in [-0.1, -0.05) is 13.3 Å². The van der Waals surface area contributed by atoms with Crippen LogP contribution in [0.5, 0.6) is 11.5 Å². The molecule has 5 heteroatoms. The molecule has 0 saturated heterocycles. The minimum absolute atomic E-state index is 0.681. The lowest BCUT2D eigenvalue weighted by Gasteiger charge is -2.19. The van der Waals surface area contributed by atoms with E-state index in [4.69, 9.17) is 9.47 Å². The minimum atomic E-state index is 0.681. The molecule has 0 fully saturated rings. The predicted octanol–water partition coefficient (Wildman–Crippen LogP) is 2.88. The van der Waals surface area contributed by atoms with Crippen molar-refractivity contribution in [3.63, 3.8) is 0 Å². The van der Waals surface area contributed by atoms with Crippen molar-refractivity contribution in [1.82, 2.24) is 9.97 Å². The molecule has 0 radical (unpaired) electrons. The van der Waals surface area contributed by atoms with Gasteiger partial charge in [0.05, 0.1) is 19.7 Å². The first kappa shape index (κ1) is 14.4. The van der Waals surface area contributed by atoms with Crippen LogP contribution in [0.25, 0.3) is 10.9 Å². The van der Waals surface area contributed by atoms with Crippen molar-refractivity contribution < 1.29 is 9.47 Å². The Morgan fingerprint density at radius 1 is 1.10 bits per heavy atom. The van der Waals surface area contributed by atoms with E-state index >= 15 is 0 Å². The van der Waals surface area contributed by atoms with E-state index < -0.39 is 0 Å². The molecule has 0 bridgehead atoms. The van der Waals surface area contributed by atoms with Gasteiger partial charge in [0.25, 0.3) is 0 Å². The van der Waals surface area contributed by atoms with Crippen molar-refractivity contribution in [2.75, 3.05) is 32.7 Å². The zero-order valence-electron chi connectivity index (χ0n) is 12.5. The standard InChI is InChI=1S/C15H21N3O2/c1-5-6-7-18(2)15-11-8-13(19-3)14(20-4)9-12(11)16-10-17-15/h8-10H,5-7H2,1-4H3. The molecule has 1 heterocycles. The van der Waals surface area contributed by atoms with Crippen LogP contribution in [0, 0.1) is 0 Å². The lowest BCUT2D eigenvalue weighted by molar-refractivity contribution is 0.356. The van der Waals surface area contributed by atoms with Crippen LogP contribution in [0.15, 0.2) is 18.5 Å². The van der Waals surface area contributed by atoms with Gasteiger partial charge >= 0.3 is 0 Å². The average molecular weight is 275 g/mol. The van der Waals surface area contributed by atoms with E-state index in [0.29, 0.717) is 11.5 Å². The topological polar surface area (TPSA) is 47.5 Å². The molecule has 0 saturated carbocycles. The Morgan fingerprint density at radius 3 is 2.45 bits per heavy atom. The van der Waals surface area contributed by atoms with Crippen LogP contribution in [0.3, 0.4) is 0 Å². The molecule has 2 aromatic rings. The van der Waals surface area contributed by atoms with Gasteiger partial charge in [-0.05, 0) is 12.5 Å². The second kappa shape index (κ2) is 6.41. The number of hydrogen-bond acceptors (Lipinski definition) is 5. The Balaban J connectivity index is 2.50. The maximum atomic E-state index is 5.36. The fourth-order valence-electron chi connectivity index (χ4n) is 2.17. The van der Waals surface area contributed by atoms with E-state index in [2.05, 4.69) is 21.8 Å². The number of fused-ring (bicyclic) bond motifs is 1. The summed E-state index contributed by atoms with van der Waals surface area (Å²) >= 11 is 0. The van der Waals surface area contributed by atoms with Crippen LogP contribution in [-0.2, 0) is 0 Å². The highest BCUT2D eigenvalue weighted by atomic mass is 16.5.